The molecular formula is C29H21N3OS. The molecule has 0 radical (unpaired) electrons. The van der Waals surface area contributed by atoms with Gasteiger partial charge < -0.3 is 4.74 Å². The molecule has 34 heavy (non-hydrogen) atoms. The fraction of sp³-hybridized carbons (Fsp3) is 0.0345. The van der Waals surface area contributed by atoms with Gasteiger partial charge in [0, 0.05) is 11.3 Å². The Morgan fingerprint density at radius 2 is 1.56 bits per heavy atom. The lowest BCUT2D eigenvalue weighted by Crippen LogP contribution is -1.96. The second-order valence-electron chi connectivity index (χ2n) is 7.94. The number of imidazole rings is 1. The van der Waals surface area contributed by atoms with Crippen molar-refractivity contribution in [2.24, 2.45) is 0 Å². The summed E-state index contributed by atoms with van der Waals surface area (Å²) in [5.74, 6) is 1.72. The highest BCUT2D eigenvalue weighted by Gasteiger charge is 2.13. The molecule has 4 nitrogen and oxygen atoms in total. The van der Waals surface area contributed by atoms with Crippen LogP contribution in [0.4, 0.5) is 0 Å². The molecule has 0 N–H and O–H groups in total. The van der Waals surface area contributed by atoms with E-state index in [2.05, 4.69) is 65.3 Å². The standard InChI is InChI=1S/C29H21N3OS/c1-33-23-15-11-20(12-16-23)13-18-28-30-25-19-21(29-31-24-9-5-6-10-27(24)34-29)14-17-26(25)32(28)22-7-3-2-4-8-22/h2-19H,1H3/b18-13+. The van der Waals surface area contributed by atoms with Crippen LogP contribution in [0.5, 0.6) is 5.75 Å². The van der Waals surface area contributed by atoms with Crippen LogP contribution in [0.1, 0.15) is 11.4 Å². The summed E-state index contributed by atoms with van der Waals surface area (Å²) in [5.41, 5.74) is 6.27. The molecule has 0 saturated heterocycles. The number of hydrogen-bond donors (Lipinski definition) is 0. The maximum atomic E-state index is 5.27. The lowest BCUT2D eigenvalue weighted by Gasteiger charge is -2.07. The Hall–Kier alpha value is -4.22. The second kappa shape index (κ2) is 8.61. The van der Waals surface area contributed by atoms with E-state index in [4.69, 9.17) is 14.7 Å². The number of methoxy groups -OCH3 is 1. The van der Waals surface area contributed by atoms with Crippen LogP contribution >= 0.6 is 11.3 Å². The third-order valence-electron chi connectivity index (χ3n) is 5.78. The number of aromatic nitrogens is 3. The van der Waals surface area contributed by atoms with E-state index < -0.39 is 0 Å². The van der Waals surface area contributed by atoms with Gasteiger partial charge in [-0.15, -0.1) is 11.3 Å². The van der Waals surface area contributed by atoms with E-state index in [1.165, 1.54) is 4.70 Å². The lowest BCUT2D eigenvalue weighted by atomic mass is 10.2. The van der Waals surface area contributed by atoms with Gasteiger partial charge in [-0.05, 0) is 66.2 Å². The Morgan fingerprint density at radius 3 is 2.35 bits per heavy atom. The number of fused-ring (bicyclic) bond motifs is 2. The Labute approximate surface area is 201 Å². The summed E-state index contributed by atoms with van der Waals surface area (Å²) in [7, 11) is 1.68. The van der Waals surface area contributed by atoms with Gasteiger partial charge in [-0.3, -0.25) is 4.57 Å². The third kappa shape index (κ3) is 3.76. The SMILES string of the molecule is COc1ccc(/C=C/c2nc3cc(-c4nc5ccccc5s4)ccc3n2-c2ccccc2)cc1. The van der Waals surface area contributed by atoms with Crippen LogP contribution in [-0.4, -0.2) is 21.6 Å². The molecule has 0 aliphatic heterocycles. The Bertz CT molecular complexity index is 1600. The highest BCUT2D eigenvalue weighted by molar-refractivity contribution is 7.21. The number of nitrogens with zero attached hydrogens (tertiary/aromatic N) is 3. The molecule has 0 bridgehead atoms. The van der Waals surface area contributed by atoms with E-state index in [1.54, 1.807) is 18.4 Å². The quantitative estimate of drug-likeness (QED) is 0.268. The first-order chi connectivity index (χ1) is 16.8. The summed E-state index contributed by atoms with van der Waals surface area (Å²) in [6.07, 6.45) is 4.14. The van der Waals surface area contributed by atoms with Gasteiger partial charge in [-0.2, -0.15) is 0 Å². The first kappa shape index (κ1) is 20.4. The van der Waals surface area contributed by atoms with Gasteiger partial charge in [0.25, 0.3) is 0 Å². The average molecular weight is 460 g/mol. The van der Waals surface area contributed by atoms with Gasteiger partial charge in [-0.1, -0.05) is 48.5 Å². The van der Waals surface area contributed by atoms with Crippen LogP contribution in [-0.2, 0) is 0 Å². The number of para-hydroxylation sites is 2. The summed E-state index contributed by atoms with van der Waals surface area (Å²) in [5, 5.41) is 1.01. The van der Waals surface area contributed by atoms with E-state index in [-0.39, 0.29) is 0 Å². The molecule has 0 unspecified atom stereocenters. The minimum atomic E-state index is 0.844. The van der Waals surface area contributed by atoms with Crippen molar-refractivity contribution in [2.45, 2.75) is 0 Å². The average Bonchev–Trinajstić information content (AvgIpc) is 3.49. The first-order valence-corrected chi connectivity index (χ1v) is 11.9. The summed E-state index contributed by atoms with van der Waals surface area (Å²) in [4.78, 5) is 9.83. The number of ether oxygens (including phenoxy) is 1. The lowest BCUT2D eigenvalue weighted by molar-refractivity contribution is 0.415. The highest BCUT2D eigenvalue weighted by atomic mass is 32.1. The molecule has 0 saturated carbocycles. The van der Waals surface area contributed by atoms with Crippen molar-refractivity contribution in [3.05, 3.63) is 108 Å². The van der Waals surface area contributed by atoms with E-state index in [0.717, 1.165) is 49.9 Å². The monoisotopic (exact) mass is 459 g/mol. The summed E-state index contributed by atoms with van der Waals surface area (Å²) in [6, 6.07) is 33.0. The van der Waals surface area contributed by atoms with Crippen LogP contribution in [0.2, 0.25) is 0 Å². The van der Waals surface area contributed by atoms with E-state index in [0.29, 0.717) is 0 Å². The highest BCUT2D eigenvalue weighted by Crippen LogP contribution is 2.33. The van der Waals surface area contributed by atoms with Gasteiger partial charge in [-0.25, -0.2) is 9.97 Å². The molecule has 6 aromatic rings. The van der Waals surface area contributed by atoms with Crippen LogP contribution in [0.3, 0.4) is 0 Å². The number of benzene rings is 4. The summed E-state index contributed by atoms with van der Waals surface area (Å²) >= 11 is 1.71. The zero-order valence-electron chi connectivity index (χ0n) is 18.6. The Morgan fingerprint density at radius 1 is 0.765 bits per heavy atom. The topological polar surface area (TPSA) is 39.9 Å². The van der Waals surface area contributed by atoms with Crippen molar-refractivity contribution in [1.29, 1.82) is 0 Å². The van der Waals surface area contributed by atoms with Crippen molar-refractivity contribution in [2.75, 3.05) is 7.11 Å². The number of rotatable bonds is 5. The third-order valence-corrected chi connectivity index (χ3v) is 6.86. The van der Waals surface area contributed by atoms with Crippen LogP contribution in [0, 0.1) is 0 Å². The molecule has 2 aromatic heterocycles. The number of thiazole rings is 1. The Kier molecular flexibility index (Phi) is 5.17. The van der Waals surface area contributed by atoms with Gasteiger partial charge in [0.1, 0.15) is 16.6 Å². The van der Waals surface area contributed by atoms with E-state index in [9.17, 15) is 0 Å². The maximum absolute atomic E-state index is 5.27. The molecule has 0 atom stereocenters. The zero-order chi connectivity index (χ0) is 22.9. The molecule has 6 rings (SSSR count). The smallest absolute Gasteiger partial charge is 0.138 e. The zero-order valence-corrected chi connectivity index (χ0v) is 19.4. The minimum absolute atomic E-state index is 0.844. The molecule has 0 spiro atoms. The molecule has 0 aliphatic rings. The van der Waals surface area contributed by atoms with Crippen LogP contribution < -0.4 is 4.74 Å². The van der Waals surface area contributed by atoms with Crippen molar-refractivity contribution in [3.63, 3.8) is 0 Å². The van der Waals surface area contributed by atoms with E-state index in [1.807, 2.05) is 48.5 Å². The fourth-order valence-electron chi connectivity index (χ4n) is 4.07. The normalized spacial score (nSPS) is 11.6. The van der Waals surface area contributed by atoms with Gasteiger partial charge >= 0.3 is 0 Å². The van der Waals surface area contributed by atoms with Crippen molar-refractivity contribution in [1.82, 2.24) is 14.5 Å². The summed E-state index contributed by atoms with van der Waals surface area (Å²) in [6.45, 7) is 0. The second-order valence-corrected chi connectivity index (χ2v) is 8.97. The van der Waals surface area contributed by atoms with Crippen LogP contribution in [0.25, 0.3) is 49.7 Å². The molecule has 2 heterocycles. The van der Waals surface area contributed by atoms with Crippen molar-refractivity contribution in [3.8, 4) is 22.0 Å². The van der Waals surface area contributed by atoms with Crippen LogP contribution in [0.15, 0.2) is 97.1 Å². The van der Waals surface area contributed by atoms with E-state index >= 15 is 0 Å². The van der Waals surface area contributed by atoms with Gasteiger partial charge in [0.05, 0.1) is 28.4 Å². The molecule has 0 fully saturated rings. The maximum Gasteiger partial charge on any atom is 0.138 e. The van der Waals surface area contributed by atoms with Gasteiger partial charge in [0.2, 0.25) is 0 Å². The molecule has 0 aliphatic carbocycles. The molecule has 0 amide bonds. The first-order valence-electron chi connectivity index (χ1n) is 11.0. The van der Waals surface area contributed by atoms with Crippen molar-refractivity contribution < 1.29 is 4.74 Å². The molecule has 164 valence electrons. The van der Waals surface area contributed by atoms with Gasteiger partial charge in [0.15, 0.2) is 0 Å². The van der Waals surface area contributed by atoms with Crippen molar-refractivity contribution >= 4 is 44.7 Å². The predicted octanol–water partition coefficient (Wildman–Crippen LogP) is 7.48. The fourth-order valence-corrected chi connectivity index (χ4v) is 5.04. The molecule has 4 aromatic carbocycles. The Balaban J connectivity index is 1.46. The molecule has 5 heteroatoms. The molecular weight excluding hydrogens is 438 g/mol. The largest absolute Gasteiger partial charge is 0.497 e. The summed E-state index contributed by atoms with van der Waals surface area (Å²) < 4.78 is 8.65. The minimum Gasteiger partial charge on any atom is -0.497 e. The predicted molar refractivity (Wildman–Crippen MR) is 142 cm³/mol. The number of hydrogen-bond acceptors (Lipinski definition) is 4.